The summed E-state index contributed by atoms with van der Waals surface area (Å²) in [5.41, 5.74) is -10.9. The van der Waals surface area contributed by atoms with Crippen molar-refractivity contribution in [2.45, 2.75) is 80.0 Å². The predicted octanol–water partition coefficient (Wildman–Crippen LogP) is 9.58. The van der Waals surface area contributed by atoms with Gasteiger partial charge in [0.25, 0.3) is 23.6 Å². The van der Waals surface area contributed by atoms with Gasteiger partial charge in [0.05, 0.1) is 49.4 Å². The summed E-state index contributed by atoms with van der Waals surface area (Å²) >= 11 is 12.3. The van der Waals surface area contributed by atoms with Crippen molar-refractivity contribution in [3.8, 4) is 0 Å². The largest absolute Gasteiger partial charge is 0.524 e. The standard InChI is InChI=1S/C21H23NO5S.C20H21NO6S.C2F6O5S2.CH4.S11.6H2/c1-13(26-3)9-11-27-18(23)10-12-28-17-8-7-16-19-14(17)5-4-6-15(19)20(24)22(2)21(16)25;1-12(26-2)8-10-27-17(22)9-11-28-16-7-6-15-18-13(16)4-3-5-14(18)19(23)21(25)20(15)24;3-1(4,5)14(9,10)13-15(11,12)2(6,7)8;;1-3-5-7-9-11-10-8-6-4-2;;;;;;/h4-8,13H,9-12H2,1-3H3;3-7,12,25H,8-11H2,1-2H3;;1H4;;6*1H. The molecule has 1 N–H and O–H groups in total. The number of benzene rings is 4. The third-order valence-corrected chi connectivity index (χ3v) is 32.9. The number of hydroxylamine groups is 2. The molecule has 4 aromatic rings. The first-order valence-corrected chi connectivity index (χ1v) is 40.3. The van der Waals surface area contributed by atoms with Crippen molar-refractivity contribution in [1.82, 2.24) is 9.96 Å². The molecule has 0 saturated heterocycles. The lowest BCUT2D eigenvalue weighted by Crippen LogP contribution is -2.37. The monoisotopic (exact) mass is 1470 g/mol. The number of amides is 4. The van der Waals surface area contributed by atoms with E-state index in [1.54, 1.807) is 113 Å². The number of carbonyl (C=O) groups excluding carboxylic acids is 6. The highest BCUT2D eigenvalue weighted by molar-refractivity contribution is 8.74. The summed E-state index contributed by atoms with van der Waals surface area (Å²) in [6, 6.07) is 17.6. The molecule has 4 aromatic carbocycles. The van der Waals surface area contributed by atoms with E-state index < -0.39 is 43.1 Å². The van der Waals surface area contributed by atoms with Crippen molar-refractivity contribution >= 4 is 203 Å². The molecular formula is C44H60F6N2O16S15. The molecule has 2 atom stereocenters. The van der Waals surface area contributed by atoms with E-state index in [-0.39, 0.29) is 81.0 Å². The number of carbonyl (C=O) groups is 6. The number of nitrogens with zero attached hydrogens (tertiary/aromatic N) is 2. The number of hydrogen-bond acceptors (Lipinski definition) is 20. The van der Waals surface area contributed by atoms with Gasteiger partial charge in [0.15, 0.2) is 0 Å². The van der Waals surface area contributed by atoms with Crippen molar-refractivity contribution in [2.75, 3.05) is 46.0 Å². The number of rotatable bonds is 18. The second-order valence-electron chi connectivity index (χ2n) is 15.6. The molecule has 0 aliphatic carbocycles. The second-order valence-corrected chi connectivity index (χ2v) is 37.0. The first-order valence-electron chi connectivity index (χ1n) is 22.2. The molecule has 6 rings (SSSR count). The maximum absolute atomic E-state index is 12.4. The zero-order chi connectivity index (χ0) is 61.6. The summed E-state index contributed by atoms with van der Waals surface area (Å²) in [4.78, 5) is 75.9. The van der Waals surface area contributed by atoms with E-state index in [1.807, 2.05) is 41.7 Å². The number of imide groups is 2. The molecule has 2 aliphatic heterocycles. The lowest BCUT2D eigenvalue weighted by molar-refractivity contribution is -0.144. The van der Waals surface area contributed by atoms with Gasteiger partial charge in [-0.1, -0.05) is 31.7 Å². The van der Waals surface area contributed by atoms with Gasteiger partial charge in [0.2, 0.25) is 0 Å². The summed E-state index contributed by atoms with van der Waals surface area (Å²) in [5, 5.41) is 12.7. The Hall–Kier alpha value is -2.94. The minimum atomic E-state index is -6.85. The molecule has 2 heterocycles. The predicted molar refractivity (Wildman–Crippen MR) is 343 cm³/mol. The SMILES string of the molecule is C.COC(C)CCOC(=O)CCSc1ccc2c3c(cccc13)C(=O)N(C)C2=O.COC(C)CCOC(=O)CCSc1ccc2c3c(cccc13)C(=O)N(O)C2=O.O=S(=O)(OS(=O)(=O)C(F)(F)F)C(F)(F)F.S=S=S=S=S=S=S=S=S=S=S.[HH].[HH].[HH].[HH].[HH].[HH]. The minimum absolute atomic E-state index is 0. The van der Waals surface area contributed by atoms with Crippen LogP contribution in [0.1, 0.15) is 96.9 Å². The number of halogens is 6. The van der Waals surface area contributed by atoms with E-state index in [9.17, 15) is 77.2 Å². The van der Waals surface area contributed by atoms with Crippen LogP contribution >= 0.6 is 23.5 Å². The van der Waals surface area contributed by atoms with E-state index in [1.165, 1.54) is 48.3 Å². The summed E-state index contributed by atoms with van der Waals surface area (Å²) in [7, 11) is 5.53. The van der Waals surface area contributed by atoms with Crippen molar-refractivity contribution in [2.24, 2.45) is 0 Å². The van der Waals surface area contributed by atoms with Crippen LogP contribution in [0.2, 0.25) is 0 Å². The van der Waals surface area contributed by atoms with Gasteiger partial charge in [-0.25, -0.2) is 0 Å². The van der Waals surface area contributed by atoms with Crippen LogP contribution in [0.5, 0.6) is 0 Å². The Morgan fingerprint density at radius 1 is 0.590 bits per heavy atom. The van der Waals surface area contributed by atoms with Gasteiger partial charge in [-0.15, -0.1) is 32.2 Å². The van der Waals surface area contributed by atoms with Crippen LogP contribution in [0.15, 0.2) is 70.5 Å². The Morgan fingerprint density at radius 2 is 0.928 bits per heavy atom. The molecule has 474 valence electrons. The first-order chi connectivity index (χ1) is 38.5. The molecular weight excluding hydrogens is 1410 g/mol. The molecule has 0 fully saturated rings. The molecule has 18 nitrogen and oxygen atoms in total. The van der Waals surface area contributed by atoms with Crippen molar-refractivity contribution in [3.63, 3.8) is 0 Å². The highest BCUT2D eigenvalue weighted by Crippen LogP contribution is 2.38. The Morgan fingerprint density at radius 3 is 1.28 bits per heavy atom. The van der Waals surface area contributed by atoms with Gasteiger partial charge in [0.1, 0.15) is 0 Å². The van der Waals surface area contributed by atoms with Gasteiger partial charge >= 0.3 is 43.2 Å². The highest BCUT2D eigenvalue weighted by Gasteiger charge is 2.57. The van der Waals surface area contributed by atoms with Crippen LogP contribution in [0.4, 0.5) is 26.3 Å². The minimum Gasteiger partial charge on any atom is -0.466 e. The molecule has 39 heteroatoms. The smallest absolute Gasteiger partial charge is 0.466 e. The van der Waals surface area contributed by atoms with Crippen molar-refractivity contribution in [3.05, 3.63) is 82.9 Å². The fourth-order valence-corrected chi connectivity index (χ4v) is 29.0. The fourth-order valence-electron chi connectivity index (χ4n) is 6.32. The topological polar surface area (TPSA) is 244 Å². The van der Waals surface area contributed by atoms with E-state index in [2.05, 4.69) is 22.4 Å². The van der Waals surface area contributed by atoms with E-state index >= 15 is 0 Å². The number of hydrogen-bond donors (Lipinski definition) is 1. The van der Waals surface area contributed by atoms with Crippen LogP contribution in [0.25, 0.3) is 21.5 Å². The number of esters is 2. The Kier molecular flexibility index (Phi) is 33.4. The molecule has 83 heavy (non-hydrogen) atoms. The van der Waals surface area contributed by atoms with Gasteiger partial charge in [0, 0.05) is 188 Å². The number of methoxy groups -OCH3 is 2. The zero-order valence-corrected chi connectivity index (χ0v) is 54.7. The van der Waals surface area contributed by atoms with Crippen LogP contribution in [-0.4, -0.2) is 137 Å². The summed E-state index contributed by atoms with van der Waals surface area (Å²) in [5.74, 6) is -1.52. The van der Waals surface area contributed by atoms with Gasteiger partial charge in [-0.05, 0) is 61.0 Å². The van der Waals surface area contributed by atoms with E-state index in [0.29, 0.717) is 59.5 Å². The number of alkyl halides is 6. The summed E-state index contributed by atoms with van der Waals surface area (Å²) in [6.07, 6.45) is 1.95. The number of ether oxygens (including phenoxy) is 4. The third-order valence-electron chi connectivity index (χ3n) is 10.4. The Bertz CT molecular complexity index is 3460. The normalized spacial score (nSPS) is 13.4. The molecule has 0 saturated carbocycles. The van der Waals surface area contributed by atoms with Crippen LogP contribution in [0, 0.1) is 0 Å². The highest BCUT2D eigenvalue weighted by atomic mass is 33.4. The molecule has 2 aliphatic rings. The Balaban J connectivity index is -0.000000364. The zero-order valence-electron chi connectivity index (χ0n) is 42.4. The molecule has 0 bridgehead atoms. The molecule has 0 aromatic heterocycles. The summed E-state index contributed by atoms with van der Waals surface area (Å²) in [6.45, 7) is 4.50. The van der Waals surface area contributed by atoms with Crippen molar-refractivity contribution < 1.29 is 108 Å². The first kappa shape index (κ1) is 76.2. The lowest BCUT2D eigenvalue weighted by Gasteiger charge is -2.24. The molecule has 4 amide bonds. The quantitative estimate of drug-likeness (QED) is 0.0243. The maximum Gasteiger partial charge on any atom is 0.524 e. The van der Waals surface area contributed by atoms with Gasteiger partial charge in [-0.3, -0.25) is 38.9 Å². The van der Waals surface area contributed by atoms with Gasteiger partial charge in [-0.2, -0.15) is 43.2 Å². The Labute approximate surface area is 525 Å². The van der Waals surface area contributed by atoms with Crippen molar-refractivity contribution in [1.29, 1.82) is 0 Å². The summed E-state index contributed by atoms with van der Waals surface area (Å²) < 4.78 is 131. The molecule has 0 spiro atoms. The van der Waals surface area contributed by atoms with E-state index in [4.69, 9.17) is 18.9 Å². The second kappa shape index (κ2) is 36.4. The average Bonchev–Trinajstić information content (AvgIpc) is 1.23. The average molecular weight is 1470 g/mol. The number of thioether (sulfide) groups is 2. The lowest BCUT2D eigenvalue weighted by atomic mass is 9.94. The molecule has 2 unspecified atom stereocenters. The third kappa shape index (κ3) is 22.9. The van der Waals surface area contributed by atoms with Crippen LogP contribution < -0.4 is 0 Å². The maximum atomic E-state index is 12.4. The molecule has 0 radical (unpaired) electrons. The van der Waals surface area contributed by atoms with Crippen LogP contribution in [0.3, 0.4) is 0 Å². The fraction of sp³-hybridized carbons (Fsp3) is 0.409. The van der Waals surface area contributed by atoms with Gasteiger partial charge < -0.3 is 18.9 Å². The van der Waals surface area contributed by atoms with Crippen LogP contribution in [-0.2, 0) is 155 Å². The van der Waals surface area contributed by atoms with E-state index in [0.717, 1.165) is 25.5 Å².